The molecule has 0 radical (unpaired) electrons. The van der Waals surface area contributed by atoms with E-state index in [9.17, 15) is 4.79 Å². The number of aryl methyl sites for hydroxylation is 1. The van der Waals surface area contributed by atoms with Crippen molar-refractivity contribution in [3.8, 4) is 0 Å². The minimum Gasteiger partial charge on any atom is -0.354 e. The Morgan fingerprint density at radius 2 is 1.85 bits per heavy atom. The third-order valence-corrected chi connectivity index (χ3v) is 5.38. The highest BCUT2D eigenvalue weighted by Gasteiger charge is 2.23. The summed E-state index contributed by atoms with van der Waals surface area (Å²) in [6.45, 7) is 3.49. The third kappa shape index (κ3) is 4.17. The summed E-state index contributed by atoms with van der Waals surface area (Å²) in [4.78, 5) is 24.0. The Kier molecular flexibility index (Phi) is 6.19. The minimum absolute atomic E-state index is 0. The van der Waals surface area contributed by atoms with E-state index < -0.39 is 0 Å². The number of thioether (sulfide) groups is 1. The van der Waals surface area contributed by atoms with Crippen molar-refractivity contribution in [3.05, 3.63) is 59.9 Å². The van der Waals surface area contributed by atoms with Crippen LogP contribution in [0.3, 0.4) is 0 Å². The Labute approximate surface area is 169 Å². The van der Waals surface area contributed by atoms with Gasteiger partial charge >= 0.3 is 0 Å². The van der Waals surface area contributed by atoms with E-state index in [1.807, 2.05) is 66.1 Å². The van der Waals surface area contributed by atoms with Gasteiger partial charge in [0.15, 0.2) is 5.65 Å². The van der Waals surface area contributed by atoms with Gasteiger partial charge in [-0.25, -0.2) is 9.97 Å². The van der Waals surface area contributed by atoms with Gasteiger partial charge in [-0.05, 0) is 31.2 Å². The first-order chi connectivity index (χ1) is 12.7. The average Bonchev–Trinajstić information content (AvgIpc) is 2.69. The number of anilines is 2. The number of halogens is 1. The summed E-state index contributed by atoms with van der Waals surface area (Å²) in [5, 5.41) is 4.28. The highest BCUT2D eigenvalue weighted by molar-refractivity contribution is 7.99. The van der Waals surface area contributed by atoms with Crippen LogP contribution in [0.1, 0.15) is 16.1 Å². The number of hydrogen-bond acceptors (Lipinski definition) is 5. The van der Waals surface area contributed by atoms with Crippen LogP contribution in [-0.4, -0.2) is 45.4 Å². The molecule has 2 aromatic heterocycles. The highest BCUT2D eigenvalue weighted by Crippen LogP contribution is 2.30. The second-order valence-electron chi connectivity index (χ2n) is 6.27. The molecular weight excluding hydrogens is 380 g/mol. The molecule has 3 aromatic rings. The normalized spacial score (nSPS) is 13.9. The zero-order valence-electron chi connectivity index (χ0n) is 15.0. The quantitative estimate of drug-likeness (QED) is 0.710. The Morgan fingerprint density at radius 3 is 2.59 bits per heavy atom. The number of hydrogen-bond donors (Lipinski definition) is 1. The van der Waals surface area contributed by atoms with Crippen molar-refractivity contribution >= 4 is 52.5 Å². The first-order valence-electron chi connectivity index (χ1n) is 8.68. The summed E-state index contributed by atoms with van der Waals surface area (Å²) in [5.41, 5.74) is 3.86. The molecule has 0 bridgehead atoms. The maximum absolute atomic E-state index is 13.1. The standard InChI is InChI=1S/C20H20N4OS.ClH/c1-14-7-8-16-18(23-15-5-3-2-4-6-15)17(13-21-19(16)22-14)20(25)24-9-11-26-12-10-24;/h2-8,13H,9-12H2,1H3,(H,21,22,23);1H. The Bertz CT molecular complexity index is 945. The van der Waals surface area contributed by atoms with Gasteiger partial charge in [0.25, 0.3) is 5.91 Å². The summed E-state index contributed by atoms with van der Waals surface area (Å²) in [6.07, 6.45) is 1.66. The number of carbonyl (C=O) groups is 1. The van der Waals surface area contributed by atoms with E-state index >= 15 is 0 Å². The Hall–Kier alpha value is -2.31. The SMILES string of the molecule is Cc1ccc2c(Nc3ccccc3)c(C(=O)N3CCSCC3)cnc2n1.Cl. The lowest BCUT2D eigenvalue weighted by atomic mass is 10.1. The fourth-order valence-electron chi connectivity index (χ4n) is 3.07. The molecule has 1 amide bonds. The van der Waals surface area contributed by atoms with E-state index in [-0.39, 0.29) is 18.3 Å². The average molecular weight is 401 g/mol. The number of amides is 1. The van der Waals surface area contributed by atoms with Crippen LogP contribution in [0.2, 0.25) is 0 Å². The lowest BCUT2D eigenvalue weighted by Gasteiger charge is -2.27. The number of fused-ring (bicyclic) bond motifs is 1. The largest absolute Gasteiger partial charge is 0.354 e. The molecule has 5 nitrogen and oxygen atoms in total. The topological polar surface area (TPSA) is 58.1 Å². The molecule has 1 fully saturated rings. The second kappa shape index (κ2) is 8.59. The van der Waals surface area contributed by atoms with Gasteiger partial charge in [-0.15, -0.1) is 12.4 Å². The second-order valence-corrected chi connectivity index (χ2v) is 7.49. The van der Waals surface area contributed by atoms with Crippen molar-refractivity contribution in [2.45, 2.75) is 6.92 Å². The van der Waals surface area contributed by atoms with E-state index in [0.29, 0.717) is 11.2 Å². The number of benzene rings is 1. The number of carbonyl (C=O) groups excluding carboxylic acids is 1. The fourth-order valence-corrected chi connectivity index (χ4v) is 3.97. The van der Waals surface area contributed by atoms with Gasteiger partial charge in [0.1, 0.15) is 0 Å². The van der Waals surface area contributed by atoms with E-state index in [2.05, 4.69) is 15.3 Å². The molecule has 4 rings (SSSR count). The van der Waals surface area contributed by atoms with E-state index in [4.69, 9.17) is 0 Å². The lowest BCUT2D eigenvalue weighted by molar-refractivity contribution is 0.0773. The maximum Gasteiger partial charge on any atom is 0.257 e. The fraction of sp³-hybridized carbons (Fsp3) is 0.250. The predicted octanol–water partition coefficient (Wildman–Crippen LogP) is 4.29. The first kappa shape index (κ1) is 19.5. The molecule has 3 heterocycles. The minimum atomic E-state index is 0. The van der Waals surface area contributed by atoms with Crippen LogP contribution in [0.15, 0.2) is 48.7 Å². The zero-order valence-corrected chi connectivity index (χ0v) is 16.6. The molecule has 1 aliphatic rings. The summed E-state index contributed by atoms with van der Waals surface area (Å²) in [5.74, 6) is 1.99. The van der Waals surface area contributed by atoms with Crippen LogP contribution in [-0.2, 0) is 0 Å². The molecule has 0 aliphatic carbocycles. The third-order valence-electron chi connectivity index (χ3n) is 4.44. The van der Waals surface area contributed by atoms with Crippen molar-refractivity contribution in [1.29, 1.82) is 0 Å². The molecule has 0 unspecified atom stereocenters. The summed E-state index contributed by atoms with van der Waals surface area (Å²) < 4.78 is 0. The van der Waals surface area contributed by atoms with E-state index in [1.165, 1.54) is 0 Å². The zero-order chi connectivity index (χ0) is 17.9. The number of rotatable bonds is 3. The molecule has 27 heavy (non-hydrogen) atoms. The van der Waals surface area contributed by atoms with Crippen molar-refractivity contribution in [2.24, 2.45) is 0 Å². The number of pyridine rings is 2. The summed E-state index contributed by atoms with van der Waals surface area (Å²) in [6, 6.07) is 13.8. The van der Waals surface area contributed by atoms with Gasteiger partial charge in [0.05, 0.1) is 11.3 Å². The molecule has 7 heteroatoms. The van der Waals surface area contributed by atoms with Gasteiger partial charge in [0, 0.05) is 47.6 Å². The maximum atomic E-state index is 13.1. The molecule has 1 aromatic carbocycles. The number of aromatic nitrogens is 2. The van der Waals surface area contributed by atoms with Crippen LogP contribution >= 0.6 is 24.2 Å². The number of nitrogens with one attached hydrogen (secondary N) is 1. The molecule has 140 valence electrons. The molecule has 0 spiro atoms. The summed E-state index contributed by atoms with van der Waals surface area (Å²) in [7, 11) is 0. The highest BCUT2D eigenvalue weighted by atomic mass is 35.5. The lowest BCUT2D eigenvalue weighted by Crippen LogP contribution is -2.38. The van der Waals surface area contributed by atoms with Crippen LogP contribution < -0.4 is 5.32 Å². The predicted molar refractivity (Wildman–Crippen MR) is 114 cm³/mol. The monoisotopic (exact) mass is 400 g/mol. The van der Waals surface area contributed by atoms with E-state index in [1.54, 1.807) is 6.20 Å². The van der Waals surface area contributed by atoms with E-state index in [0.717, 1.165) is 47.1 Å². The van der Waals surface area contributed by atoms with Crippen molar-refractivity contribution in [3.63, 3.8) is 0 Å². The van der Waals surface area contributed by atoms with Gasteiger partial charge in [-0.2, -0.15) is 11.8 Å². The van der Waals surface area contributed by atoms with Gasteiger partial charge in [0.2, 0.25) is 0 Å². The molecule has 1 N–H and O–H groups in total. The van der Waals surface area contributed by atoms with Crippen molar-refractivity contribution in [2.75, 3.05) is 29.9 Å². The molecule has 0 saturated carbocycles. The van der Waals surface area contributed by atoms with Crippen LogP contribution in [0.25, 0.3) is 11.0 Å². The molecule has 0 atom stereocenters. The molecular formula is C20H21ClN4OS. The Balaban J connectivity index is 0.00000210. The Morgan fingerprint density at radius 1 is 1.11 bits per heavy atom. The van der Waals surface area contributed by atoms with Crippen molar-refractivity contribution in [1.82, 2.24) is 14.9 Å². The van der Waals surface area contributed by atoms with Gasteiger partial charge in [-0.1, -0.05) is 18.2 Å². The smallest absolute Gasteiger partial charge is 0.257 e. The first-order valence-corrected chi connectivity index (χ1v) is 9.83. The number of para-hydroxylation sites is 1. The number of nitrogens with zero attached hydrogens (tertiary/aromatic N) is 3. The van der Waals surface area contributed by atoms with Crippen molar-refractivity contribution < 1.29 is 4.79 Å². The summed E-state index contributed by atoms with van der Waals surface area (Å²) >= 11 is 1.89. The van der Waals surface area contributed by atoms with Gasteiger partial charge < -0.3 is 10.2 Å². The molecule has 1 saturated heterocycles. The molecule has 1 aliphatic heterocycles. The van der Waals surface area contributed by atoms with Gasteiger partial charge in [-0.3, -0.25) is 4.79 Å². The van der Waals surface area contributed by atoms with Crippen LogP contribution in [0.5, 0.6) is 0 Å². The van der Waals surface area contributed by atoms with Crippen LogP contribution in [0, 0.1) is 6.92 Å². The van der Waals surface area contributed by atoms with Crippen LogP contribution in [0.4, 0.5) is 11.4 Å².